The number of carboxylic acids is 1. The lowest BCUT2D eigenvalue weighted by Gasteiger charge is -2.18. The number of carbonyl (C=O) groups is 1. The second kappa shape index (κ2) is 6.29. The predicted molar refractivity (Wildman–Crippen MR) is 100 cm³/mol. The molecule has 0 spiro atoms. The molecular weight excluding hydrogens is 360 g/mol. The Morgan fingerprint density at radius 3 is 2.48 bits per heavy atom. The van der Waals surface area contributed by atoms with Gasteiger partial charge in [0.1, 0.15) is 6.04 Å². The number of carboxylic acid groups (broad SMARTS) is 1. The maximum atomic E-state index is 12.6. The summed E-state index contributed by atoms with van der Waals surface area (Å²) in [6.07, 6.45) is 0. The highest BCUT2D eigenvalue weighted by atomic mass is 32.2. The van der Waals surface area contributed by atoms with E-state index in [0.29, 0.717) is 5.69 Å². The van der Waals surface area contributed by atoms with E-state index < -0.39 is 22.0 Å². The molecule has 4 N–H and O–H groups in total. The third-order valence-electron chi connectivity index (χ3n) is 3.99. The molecule has 0 saturated heterocycles. The summed E-state index contributed by atoms with van der Waals surface area (Å²) in [4.78, 5) is 11.3. The Hall–Kier alpha value is -2.16. The lowest BCUT2D eigenvalue weighted by molar-refractivity contribution is -0.140. The highest BCUT2D eigenvalue weighted by molar-refractivity contribution is 7.89. The zero-order valence-electron chi connectivity index (χ0n) is 13.7. The van der Waals surface area contributed by atoms with Crippen molar-refractivity contribution in [3.8, 4) is 0 Å². The Morgan fingerprint density at radius 2 is 1.84 bits per heavy atom. The van der Waals surface area contributed by atoms with Gasteiger partial charge in [0.15, 0.2) is 0 Å². The summed E-state index contributed by atoms with van der Waals surface area (Å²) in [5.74, 6) is -1.57. The number of nitrogens with one attached hydrogen (secondary N) is 1. The van der Waals surface area contributed by atoms with E-state index in [-0.39, 0.29) is 10.8 Å². The van der Waals surface area contributed by atoms with Gasteiger partial charge >= 0.3 is 5.97 Å². The molecule has 0 saturated carbocycles. The first kappa shape index (κ1) is 17.7. The molecule has 0 aliphatic heterocycles. The summed E-state index contributed by atoms with van der Waals surface area (Å²) in [6.45, 7) is 3.31. The summed E-state index contributed by atoms with van der Waals surface area (Å²) in [7, 11) is -3.95. The number of thiophene rings is 1. The lowest BCUT2D eigenvalue weighted by Crippen LogP contribution is -2.44. The van der Waals surface area contributed by atoms with Gasteiger partial charge in [-0.1, -0.05) is 19.9 Å². The minimum atomic E-state index is -3.95. The Balaban J connectivity index is 2.08. The molecule has 25 heavy (non-hydrogen) atoms. The average molecular weight is 378 g/mol. The zero-order valence-corrected chi connectivity index (χ0v) is 15.3. The number of aliphatic carboxylic acids is 1. The maximum absolute atomic E-state index is 12.6. The number of nitrogen functional groups attached to an aromatic ring is 1. The van der Waals surface area contributed by atoms with Crippen molar-refractivity contribution in [1.29, 1.82) is 0 Å². The van der Waals surface area contributed by atoms with Crippen molar-refractivity contribution in [3.63, 3.8) is 0 Å². The molecule has 0 fully saturated rings. The van der Waals surface area contributed by atoms with Crippen LogP contribution in [0.3, 0.4) is 0 Å². The topological polar surface area (TPSA) is 109 Å². The van der Waals surface area contributed by atoms with Crippen LogP contribution in [-0.4, -0.2) is 25.5 Å². The first-order valence-electron chi connectivity index (χ1n) is 7.66. The zero-order chi connectivity index (χ0) is 18.4. The SMILES string of the molecule is CC(C)C(NS(=O)(=O)c1ccc2sc3cc(N)ccc3c2c1)C(=O)O. The molecule has 0 amide bonds. The largest absolute Gasteiger partial charge is 0.480 e. The van der Waals surface area contributed by atoms with Gasteiger partial charge in [-0.2, -0.15) is 4.72 Å². The smallest absolute Gasteiger partial charge is 0.322 e. The minimum Gasteiger partial charge on any atom is -0.480 e. The highest BCUT2D eigenvalue weighted by Gasteiger charge is 2.28. The van der Waals surface area contributed by atoms with Crippen molar-refractivity contribution in [2.75, 3.05) is 5.73 Å². The Bertz CT molecular complexity index is 1070. The molecule has 6 nitrogen and oxygen atoms in total. The van der Waals surface area contributed by atoms with E-state index in [0.717, 1.165) is 20.2 Å². The molecule has 132 valence electrons. The monoisotopic (exact) mass is 378 g/mol. The van der Waals surface area contributed by atoms with E-state index in [4.69, 9.17) is 5.73 Å². The fourth-order valence-electron chi connectivity index (χ4n) is 2.65. The Morgan fingerprint density at radius 1 is 1.12 bits per heavy atom. The predicted octanol–water partition coefficient (Wildman–Crippen LogP) is 3.02. The lowest BCUT2D eigenvalue weighted by atomic mass is 10.1. The summed E-state index contributed by atoms with van der Waals surface area (Å²) in [6, 6.07) is 9.10. The molecule has 1 heterocycles. The maximum Gasteiger partial charge on any atom is 0.322 e. The normalized spacial score (nSPS) is 13.6. The van der Waals surface area contributed by atoms with Crippen molar-refractivity contribution in [3.05, 3.63) is 36.4 Å². The summed E-state index contributed by atoms with van der Waals surface area (Å²) < 4.78 is 29.4. The summed E-state index contributed by atoms with van der Waals surface area (Å²) in [5.41, 5.74) is 6.45. The second-order valence-corrected chi connectivity index (χ2v) is 8.99. The van der Waals surface area contributed by atoms with Crippen LogP contribution in [0.1, 0.15) is 13.8 Å². The number of rotatable bonds is 5. The molecule has 0 bridgehead atoms. The first-order chi connectivity index (χ1) is 11.7. The fourth-order valence-corrected chi connectivity index (χ4v) is 5.15. The van der Waals surface area contributed by atoms with Crippen molar-refractivity contribution >= 4 is 53.2 Å². The van der Waals surface area contributed by atoms with Crippen LogP contribution in [-0.2, 0) is 14.8 Å². The standard InChI is InChI=1S/C17H18N2O4S2/c1-9(2)16(17(20)21)19-25(22,23)11-4-6-14-13(8-11)12-5-3-10(18)7-15(12)24-14/h3-9,16,19H,18H2,1-2H3,(H,20,21). The number of sulfonamides is 1. The van der Waals surface area contributed by atoms with Crippen LogP contribution in [0.2, 0.25) is 0 Å². The fraction of sp³-hybridized carbons (Fsp3) is 0.235. The first-order valence-corrected chi connectivity index (χ1v) is 9.96. The molecule has 8 heteroatoms. The van der Waals surface area contributed by atoms with Gasteiger partial charge in [-0.05, 0) is 36.2 Å². The van der Waals surface area contributed by atoms with Crippen LogP contribution < -0.4 is 10.5 Å². The third kappa shape index (κ3) is 3.33. The molecule has 0 aliphatic carbocycles. The molecule has 3 rings (SSSR count). The third-order valence-corrected chi connectivity index (χ3v) is 6.56. The van der Waals surface area contributed by atoms with Crippen LogP contribution in [0, 0.1) is 5.92 Å². The van der Waals surface area contributed by atoms with Crippen molar-refractivity contribution in [2.24, 2.45) is 5.92 Å². The molecule has 3 aromatic rings. The van der Waals surface area contributed by atoms with E-state index >= 15 is 0 Å². The molecule has 1 atom stereocenters. The minimum absolute atomic E-state index is 0.0448. The number of fused-ring (bicyclic) bond motifs is 3. The Kier molecular flexibility index (Phi) is 4.44. The van der Waals surface area contributed by atoms with Gasteiger partial charge < -0.3 is 10.8 Å². The van der Waals surface area contributed by atoms with Crippen molar-refractivity contribution in [2.45, 2.75) is 24.8 Å². The summed E-state index contributed by atoms with van der Waals surface area (Å²) in [5, 5.41) is 10.9. The molecular formula is C17H18N2O4S2. The molecule has 0 aliphatic rings. The van der Waals surface area contributed by atoms with E-state index in [9.17, 15) is 18.3 Å². The van der Waals surface area contributed by atoms with Crippen molar-refractivity contribution in [1.82, 2.24) is 4.72 Å². The average Bonchev–Trinajstić information content (AvgIpc) is 2.88. The molecule has 1 unspecified atom stereocenters. The van der Waals surface area contributed by atoms with Gasteiger partial charge in [0.05, 0.1) is 4.90 Å². The van der Waals surface area contributed by atoms with Crippen LogP contribution in [0.5, 0.6) is 0 Å². The molecule has 1 aromatic heterocycles. The van der Waals surface area contributed by atoms with Gasteiger partial charge in [-0.25, -0.2) is 8.42 Å². The number of hydrogen-bond donors (Lipinski definition) is 3. The summed E-state index contributed by atoms with van der Waals surface area (Å²) >= 11 is 1.53. The van der Waals surface area contributed by atoms with Crippen LogP contribution in [0.4, 0.5) is 5.69 Å². The van der Waals surface area contributed by atoms with Gasteiger partial charge in [-0.15, -0.1) is 11.3 Å². The van der Waals surface area contributed by atoms with Gasteiger partial charge in [0, 0.05) is 25.9 Å². The van der Waals surface area contributed by atoms with Crippen LogP contribution in [0.15, 0.2) is 41.3 Å². The molecule has 0 radical (unpaired) electrons. The van der Waals surface area contributed by atoms with E-state index in [2.05, 4.69) is 4.72 Å². The quantitative estimate of drug-likeness (QED) is 0.591. The number of anilines is 1. The van der Waals surface area contributed by atoms with Crippen LogP contribution >= 0.6 is 11.3 Å². The van der Waals surface area contributed by atoms with Crippen molar-refractivity contribution < 1.29 is 18.3 Å². The Labute approximate surface area is 149 Å². The van der Waals surface area contributed by atoms with E-state index in [1.54, 1.807) is 32.0 Å². The molecule has 2 aromatic carbocycles. The number of benzene rings is 2. The van der Waals surface area contributed by atoms with Crippen LogP contribution in [0.25, 0.3) is 20.2 Å². The van der Waals surface area contributed by atoms with E-state index in [1.165, 1.54) is 17.4 Å². The van der Waals surface area contributed by atoms with Gasteiger partial charge in [0.25, 0.3) is 0 Å². The highest BCUT2D eigenvalue weighted by Crippen LogP contribution is 2.36. The number of nitrogens with two attached hydrogens (primary N) is 1. The number of hydrogen-bond acceptors (Lipinski definition) is 5. The van der Waals surface area contributed by atoms with Gasteiger partial charge in [-0.3, -0.25) is 4.79 Å². The van der Waals surface area contributed by atoms with Gasteiger partial charge in [0.2, 0.25) is 10.0 Å². The van der Waals surface area contributed by atoms with E-state index in [1.807, 2.05) is 12.1 Å². The second-order valence-electron chi connectivity index (χ2n) is 6.20.